The van der Waals surface area contributed by atoms with Gasteiger partial charge in [0.1, 0.15) is 5.75 Å². The van der Waals surface area contributed by atoms with Crippen LogP contribution in [0.25, 0.3) is 0 Å². The number of aryl methyl sites for hydroxylation is 1. The first kappa shape index (κ1) is 14.6. The fraction of sp³-hybridized carbons (Fsp3) is 0.143. The largest absolute Gasteiger partial charge is 0.573 e. The molecule has 0 atom stereocenters. The molecule has 2 nitrogen and oxygen atoms in total. The first-order valence-electron chi connectivity index (χ1n) is 5.78. The lowest BCUT2D eigenvalue weighted by Gasteiger charge is -2.10. The standard InChI is InChI=1S/C14H12F3NOS/c1-10-4-2-3-5-13(10)20-18-11-6-8-12(9-7-11)19-14(15,16)17/h2-9,18H,1H3. The average molecular weight is 299 g/mol. The second-order valence-corrected chi connectivity index (χ2v) is 4.89. The predicted octanol–water partition coefficient (Wildman–Crippen LogP) is 5.01. The van der Waals surface area contributed by atoms with Crippen molar-refractivity contribution >= 4 is 17.6 Å². The number of hydrogen-bond donors (Lipinski definition) is 1. The Morgan fingerprint density at radius 3 is 2.25 bits per heavy atom. The van der Waals surface area contributed by atoms with E-state index in [1.165, 1.54) is 36.2 Å². The van der Waals surface area contributed by atoms with Crippen LogP contribution in [-0.2, 0) is 0 Å². The summed E-state index contributed by atoms with van der Waals surface area (Å²) in [7, 11) is 0. The normalized spacial score (nSPS) is 11.2. The van der Waals surface area contributed by atoms with E-state index in [1.54, 1.807) is 0 Å². The molecule has 0 aromatic heterocycles. The van der Waals surface area contributed by atoms with Gasteiger partial charge in [-0.25, -0.2) is 0 Å². The van der Waals surface area contributed by atoms with Crippen LogP contribution in [0.3, 0.4) is 0 Å². The number of benzene rings is 2. The number of alkyl halides is 3. The van der Waals surface area contributed by atoms with Crippen LogP contribution >= 0.6 is 11.9 Å². The van der Waals surface area contributed by atoms with Gasteiger partial charge in [-0.05, 0) is 54.8 Å². The van der Waals surface area contributed by atoms with Gasteiger partial charge in [0.15, 0.2) is 0 Å². The third kappa shape index (κ3) is 4.38. The number of ether oxygens (including phenoxy) is 1. The van der Waals surface area contributed by atoms with Crippen molar-refractivity contribution in [3.63, 3.8) is 0 Å². The Labute approximate surface area is 119 Å². The van der Waals surface area contributed by atoms with Crippen LogP contribution in [0.15, 0.2) is 53.4 Å². The van der Waals surface area contributed by atoms with E-state index in [0.717, 1.165) is 10.5 Å². The maximum atomic E-state index is 12.0. The van der Waals surface area contributed by atoms with Crippen molar-refractivity contribution < 1.29 is 17.9 Å². The average Bonchev–Trinajstić information content (AvgIpc) is 2.38. The minimum Gasteiger partial charge on any atom is -0.406 e. The van der Waals surface area contributed by atoms with Gasteiger partial charge in [0, 0.05) is 10.6 Å². The molecule has 0 radical (unpaired) electrons. The number of nitrogens with one attached hydrogen (secondary N) is 1. The van der Waals surface area contributed by atoms with Crippen molar-refractivity contribution in [2.24, 2.45) is 0 Å². The minimum absolute atomic E-state index is 0.232. The van der Waals surface area contributed by atoms with Crippen molar-refractivity contribution in [1.29, 1.82) is 0 Å². The Morgan fingerprint density at radius 2 is 1.65 bits per heavy atom. The van der Waals surface area contributed by atoms with Crippen molar-refractivity contribution in [3.8, 4) is 5.75 Å². The molecule has 0 unspecified atom stereocenters. The highest BCUT2D eigenvalue weighted by molar-refractivity contribution is 8.00. The van der Waals surface area contributed by atoms with Crippen LogP contribution in [0.5, 0.6) is 5.75 Å². The van der Waals surface area contributed by atoms with E-state index in [2.05, 4.69) is 9.46 Å². The molecule has 0 fully saturated rings. The molecule has 0 aliphatic rings. The minimum atomic E-state index is -4.66. The van der Waals surface area contributed by atoms with Crippen LogP contribution in [0.4, 0.5) is 18.9 Å². The monoisotopic (exact) mass is 299 g/mol. The Balaban J connectivity index is 1.96. The van der Waals surface area contributed by atoms with Gasteiger partial charge in [0.05, 0.1) is 0 Å². The van der Waals surface area contributed by atoms with Gasteiger partial charge >= 0.3 is 6.36 Å². The molecule has 0 amide bonds. The molecular formula is C14H12F3NOS. The van der Waals surface area contributed by atoms with Gasteiger partial charge in [0.2, 0.25) is 0 Å². The summed E-state index contributed by atoms with van der Waals surface area (Å²) >= 11 is 1.41. The molecule has 1 N–H and O–H groups in total. The summed E-state index contributed by atoms with van der Waals surface area (Å²) < 4.78 is 42.9. The summed E-state index contributed by atoms with van der Waals surface area (Å²) in [4.78, 5) is 1.06. The molecule has 0 heterocycles. The lowest BCUT2D eigenvalue weighted by atomic mass is 10.2. The van der Waals surface area contributed by atoms with E-state index in [4.69, 9.17) is 0 Å². The lowest BCUT2D eigenvalue weighted by Crippen LogP contribution is -2.16. The molecule has 0 aliphatic carbocycles. The summed E-state index contributed by atoms with van der Waals surface area (Å²) in [6.07, 6.45) is -4.66. The predicted molar refractivity (Wildman–Crippen MR) is 73.8 cm³/mol. The number of rotatable bonds is 4. The second-order valence-electron chi connectivity index (χ2n) is 4.04. The second kappa shape index (κ2) is 6.09. The maximum Gasteiger partial charge on any atom is 0.573 e. The Morgan fingerprint density at radius 1 is 1.00 bits per heavy atom. The summed E-state index contributed by atoms with van der Waals surface area (Å²) in [5, 5.41) is 0. The molecule has 106 valence electrons. The van der Waals surface area contributed by atoms with Crippen molar-refractivity contribution in [3.05, 3.63) is 54.1 Å². The van der Waals surface area contributed by atoms with E-state index in [9.17, 15) is 13.2 Å². The van der Waals surface area contributed by atoms with Crippen LogP contribution in [0.2, 0.25) is 0 Å². The highest BCUT2D eigenvalue weighted by Gasteiger charge is 2.30. The van der Waals surface area contributed by atoms with Gasteiger partial charge in [-0.15, -0.1) is 13.2 Å². The summed E-state index contributed by atoms with van der Waals surface area (Å²) in [5.41, 5.74) is 1.83. The summed E-state index contributed by atoms with van der Waals surface area (Å²) in [6, 6.07) is 13.4. The molecule has 6 heteroatoms. The zero-order chi connectivity index (χ0) is 14.6. The number of anilines is 1. The van der Waals surface area contributed by atoms with Crippen LogP contribution in [0.1, 0.15) is 5.56 Å². The maximum absolute atomic E-state index is 12.0. The summed E-state index contributed by atoms with van der Waals surface area (Å²) in [5.74, 6) is -0.232. The molecule has 0 saturated carbocycles. The quantitative estimate of drug-likeness (QED) is 0.802. The fourth-order valence-corrected chi connectivity index (χ4v) is 2.25. The number of halogens is 3. The van der Waals surface area contributed by atoms with Gasteiger partial charge in [-0.1, -0.05) is 18.2 Å². The third-order valence-corrected chi connectivity index (χ3v) is 3.48. The highest BCUT2D eigenvalue weighted by Crippen LogP contribution is 2.27. The summed E-state index contributed by atoms with van der Waals surface area (Å²) in [6.45, 7) is 1.99. The Hall–Kier alpha value is -1.82. The van der Waals surface area contributed by atoms with Gasteiger partial charge < -0.3 is 9.46 Å². The van der Waals surface area contributed by atoms with E-state index >= 15 is 0 Å². The van der Waals surface area contributed by atoms with E-state index < -0.39 is 6.36 Å². The fourth-order valence-electron chi connectivity index (χ4n) is 1.51. The molecule has 0 aliphatic heterocycles. The zero-order valence-corrected chi connectivity index (χ0v) is 11.4. The molecule has 0 bridgehead atoms. The van der Waals surface area contributed by atoms with Gasteiger partial charge in [-0.3, -0.25) is 0 Å². The smallest absolute Gasteiger partial charge is 0.406 e. The van der Waals surface area contributed by atoms with Crippen LogP contribution in [-0.4, -0.2) is 6.36 Å². The third-order valence-electron chi connectivity index (χ3n) is 2.46. The molecule has 0 saturated heterocycles. The molecule has 2 rings (SSSR count). The number of hydrogen-bond acceptors (Lipinski definition) is 3. The topological polar surface area (TPSA) is 21.3 Å². The van der Waals surface area contributed by atoms with Crippen LogP contribution < -0.4 is 9.46 Å². The molecule has 20 heavy (non-hydrogen) atoms. The molecule has 2 aromatic carbocycles. The van der Waals surface area contributed by atoms with E-state index in [0.29, 0.717) is 5.69 Å². The van der Waals surface area contributed by atoms with Crippen molar-refractivity contribution in [1.82, 2.24) is 0 Å². The first-order valence-corrected chi connectivity index (χ1v) is 6.60. The highest BCUT2D eigenvalue weighted by atomic mass is 32.2. The molecule has 0 spiro atoms. The SMILES string of the molecule is Cc1ccccc1SNc1ccc(OC(F)(F)F)cc1. The lowest BCUT2D eigenvalue weighted by molar-refractivity contribution is -0.274. The van der Waals surface area contributed by atoms with Gasteiger partial charge in [0.25, 0.3) is 0 Å². The Bertz CT molecular complexity index is 569. The van der Waals surface area contributed by atoms with E-state index in [1.807, 2.05) is 31.2 Å². The zero-order valence-electron chi connectivity index (χ0n) is 10.6. The molecule has 2 aromatic rings. The first-order chi connectivity index (χ1) is 9.44. The van der Waals surface area contributed by atoms with E-state index in [-0.39, 0.29) is 5.75 Å². The van der Waals surface area contributed by atoms with Crippen LogP contribution in [0, 0.1) is 6.92 Å². The Kier molecular flexibility index (Phi) is 4.44. The van der Waals surface area contributed by atoms with Gasteiger partial charge in [-0.2, -0.15) is 0 Å². The van der Waals surface area contributed by atoms with Crippen molar-refractivity contribution in [2.45, 2.75) is 18.2 Å². The van der Waals surface area contributed by atoms with Crippen molar-refractivity contribution in [2.75, 3.05) is 4.72 Å². The molecular weight excluding hydrogens is 287 g/mol.